The Morgan fingerprint density at radius 3 is 2.79 bits per heavy atom. The Labute approximate surface area is 120 Å². The highest BCUT2D eigenvalue weighted by Crippen LogP contribution is 2.10. The van der Waals surface area contributed by atoms with Gasteiger partial charge in [-0.3, -0.25) is 0 Å². The van der Waals surface area contributed by atoms with Crippen LogP contribution in [-0.4, -0.2) is 12.6 Å². The first kappa shape index (κ1) is 15.6. The molecule has 0 aliphatic rings. The molecule has 0 atom stereocenters. The first-order valence-electron chi connectivity index (χ1n) is 6.44. The van der Waals surface area contributed by atoms with Gasteiger partial charge >= 0.3 is 6.03 Å². The van der Waals surface area contributed by atoms with E-state index >= 15 is 0 Å². The summed E-state index contributed by atoms with van der Waals surface area (Å²) in [7, 11) is 0. The molecule has 19 heavy (non-hydrogen) atoms. The molecule has 0 bridgehead atoms. The molecule has 0 aliphatic heterocycles. The summed E-state index contributed by atoms with van der Waals surface area (Å²) in [6.07, 6.45) is 2.51. The number of nitrogens with one attached hydrogen (secondary N) is 2. The van der Waals surface area contributed by atoms with E-state index in [2.05, 4.69) is 24.5 Å². The summed E-state index contributed by atoms with van der Waals surface area (Å²) < 4.78 is 0. The van der Waals surface area contributed by atoms with Gasteiger partial charge in [0, 0.05) is 17.8 Å². The highest BCUT2D eigenvalue weighted by molar-refractivity contribution is 6.30. The highest BCUT2D eigenvalue weighted by Gasteiger charge is 2.00. The average Bonchev–Trinajstić information content (AvgIpc) is 2.36. The second kappa shape index (κ2) is 7.85. The van der Waals surface area contributed by atoms with Gasteiger partial charge in [-0.15, -0.1) is 0 Å². The SMILES string of the molecule is C/C(=C\NC(=O)NCCc1cccc(Cl)c1)C(C)C. The molecule has 0 saturated heterocycles. The molecule has 104 valence electrons. The summed E-state index contributed by atoms with van der Waals surface area (Å²) in [5, 5.41) is 6.25. The van der Waals surface area contributed by atoms with Crippen LogP contribution in [0.5, 0.6) is 0 Å². The van der Waals surface area contributed by atoms with Gasteiger partial charge in [0.15, 0.2) is 0 Å². The van der Waals surface area contributed by atoms with E-state index < -0.39 is 0 Å². The fraction of sp³-hybridized carbons (Fsp3) is 0.400. The Morgan fingerprint density at radius 2 is 2.16 bits per heavy atom. The third-order valence-corrected chi connectivity index (χ3v) is 3.16. The van der Waals surface area contributed by atoms with E-state index in [1.165, 1.54) is 0 Å². The first-order valence-corrected chi connectivity index (χ1v) is 6.82. The fourth-order valence-electron chi connectivity index (χ4n) is 1.41. The number of allylic oxidation sites excluding steroid dienone is 1. The Morgan fingerprint density at radius 1 is 1.42 bits per heavy atom. The minimum Gasteiger partial charge on any atom is -0.338 e. The number of carbonyl (C=O) groups excluding carboxylic acids is 1. The van der Waals surface area contributed by atoms with Crippen LogP contribution in [0.3, 0.4) is 0 Å². The summed E-state index contributed by atoms with van der Waals surface area (Å²) in [6, 6.07) is 7.47. The lowest BCUT2D eigenvalue weighted by Crippen LogP contribution is -2.33. The number of halogens is 1. The zero-order valence-corrected chi connectivity index (χ0v) is 12.4. The van der Waals surface area contributed by atoms with Crippen molar-refractivity contribution < 1.29 is 4.79 Å². The lowest BCUT2D eigenvalue weighted by molar-refractivity contribution is 0.244. The molecule has 0 aliphatic carbocycles. The van der Waals surface area contributed by atoms with Crippen molar-refractivity contribution in [3.05, 3.63) is 46.6 Å². The van der Waals surface area contributed by atoms with E-state index in [1.807, 2.05) is 31.2 Å². The zero-order valence-electron chi connectivity index (χ0n) is 11.7. The molecule has 0 saturated carbocycles. The van der Waals surface area contributed by atoms with E-state index in [0.29, 0.717) is 12.5 Å². The Balaban J connectivity index is 2.30. The van der Waals surface area contributed by atoms with Gasteiger partial charge in [-0.25, -0.2) is 4.79 Å². The van der Waals surface area contributed by atoms with E-state index in [1.54, 1.807) is 6.20 Å². The molecule has 1 aromatic carbocycles. The van der Waals surface area contributed by atoms with Gasteiger partial charge in [-0.1, -0.05) is 43.2 Å². The average molecular weight is 281 g/mol. The van der Waals surface area contributed by atoms with Gasteiger partial charge in [0.05, 0.1) is 0 Å². The molecule has 1 rings (SSSR count). The van der Waals surface area contributed by atoms with Crippen molar-refractivity contribution in [1.82, 2.24) is 10.6 Å². The maximum Gasteiger partial charge on any atom is 0.318 e. The quantitative estimate of drug-likeness (QED) is 0.847. The summed E-state index contributed by atoms with van der Waals surface area (Å²) in [6.45, 7) is 6.76. The van der Waals surface area contributed by atoms with Crippen molar-refractivity contribution in [2.24, 2.45) is 5.92 Å². The highest BCUT2D eigenvalue weighted by atomic mass is 35.5. The molecule has 4 heteroatoms. The molecule has 0 fully saturated rings. The van der Waals surface area contributed by atoms with Crippen molar-refractivity contribution in [1.29, 1.82) is 0 Å². The van der Waals surface area contributed by atoms with Crippen molar-refractivity contribution >= 4 is 17.6 Å². The van der Waals surface area contributed by atoms with Crippen LogP contribution in [0.4, 0.5) is 4.79 Å². The molecule has 3 nitrogen and oxygen atoms in total. The van der Waals surface area contributed by atoms with Crippen LogP contribution in [-0.2, 0) is 6.42 Å². The Bertz CT molecular complexity index is 455. The first-order chi connectivity index (χ1) is 8.99. The molecule has 0 heterocycles. The predicted molar refractivity (Wildman–Crippen MR) is 80.3 cm³/mol. The second-order valence-corrected chi connectivity index (χ2v) is 5.26. The minimum atomic E-state index is -0.179. The maximum atomic E-state index is 11.5. The predicted octanol–water partition coefficient (Wildman–Crippen LogP) is 3.74. The van der Waals surface area contributed by atoms with Gasteiger partial charge in [0.1, 0.15) is 0 Å². The van der Waals surface area contributed by atoms with Gasteiger partial charge in [-0.2, -0.15) is 0 Å². The molecule has 2 amide bonds. The van der Waals surface area contributed by atoms with Crippen LogP contribution in [0.2, 0.25) is 5.02 Å². The van der Waals surface area contributed by atoms with Crippen molar-refractivity contribution in [3.8, 4) is 0 Å². The minimum absolute atomic E-state index is 0.179. The molecule has 0 unspecified atom stereocenters. The van der Waals surface area contributed by atoms with Crippen molar-refractivity contribution in [2.45, 2.75) is 27.2 Å². The van der Waals surface area contributed by atoms with Gasteiger partial charge in [0.25, 0.3) is 0 Å². The molecule has 1 aromatic rings. The maximum absolute atomic E-state index is 11.5. The topological polar surface area (TPSA) is 41.1 Å². The number of hydrogen-bond donors (Lipinski definition) is 2. The summed E-state index contributed by atoms with van der Waals surface area (Å²) in [4.78, 5) is 11.5. The van der Waals surface area contributed by atoms with Crippen LogP contribution in [0.1, 0.15) is 26.3 Å². The third-order valence-electron chi connectivity index (χ3n) is 2.93. The number of urea groups is 1. The molecule has 0 radical (unpaired) electrons. The monoisotopic (exact) mass is 280 g/mol. The number of benzene rings is 1. The van der Waals surface area contributed by atoms with E-state index in [-0.39, 0.29) is 6.03 Å². The van der Waals surface area contributed by atoms with Crippen LogP contribution < -0.4 is 10.6 Å². The lowest BCUT2D eigenvalue weighted by atomic mass is 10.1. The summed E-state index contributed by atoms with van der Waals surface area (Å²) >= 11 is 5.89. The zero-order chi connectivity index (χ0) is 14.3. The largest absolute Gasteiger partial charge is 0.338 e. The third kappa shape index (κ3) is 6.30. The molecule has 0 spiro atoms. The van der Waals surface area contributed by atoms with Gasteiger partial charge in [-0.05, 0) is 37.0 Å². The van der Waals surface area contributed by atoms with Crippen LogP contribution >= 0.6 is 11.6 Å². The molecule has 2 N–H and O–H groups in total. The van der Waals surface area contributed by atoms with E-state index in [0.717, 1.165) is 22.6 Å². The van der Waals surface area contributed by atoms with Crippen molar-refractivity contribution in [2.75, 3.05) is 6.54 Å². The standard InChI is InChI=1S/C15H21ClN2O/c1-11(2)12(3)10-18-15(19)17-8-7-13-5-4-6-14(16)9-13/h4-6,9-11H,7-8H2,1-3H3,(H2,17,18,19)/b12-10+. The van der Waals surface area contributed by atoms with E-state index in [9.17, 15) is 4.79 Å². The summed E-state index contributed by atoms with van der Waals surface area (Å²) in [5.74, 6) is 0.437. The van der Waals surface area contributed by atoms with Gasteiger partial charge in [0.2, 0.25) is 0 Å². The molecule has 0 aromatic heterocycles. The number of hydrogen-bond acceptors (Lipinski definition) is 1. The van der Waals surface area contributed by atoms with Crippen LogP contribution in [0.25, 0.3) is 0 Å². The number of rotatable bonds is 5. The number of amides is 2. The Kier molecular flexibility index (Phi) is 6.43. The van der Waals surface area contributed by atoms with Crippen molar-refractivity contribution in [3.63, 3.8) is 0 Å². The Hall–Kier alpha value is -1.48. The molecular weight excluding hydrogens is 260 g/mol. The van der Waals surface area contributed by atoms with Gasteiger partial charge < -0.3 is 10.6 Å². The normalized spacial score (nSPS) is 11.5. The summed E-state index contributed by atoms with van der Waals surface area (Å²) in [5.41, 5.74) is 2.26. The number of carbonyl (C=O) groups is 1. The van der Waals surface area contributed by atoms with E-state index in [4.69, 9.17) is 11.6 Å². The smallest absolute Gasteiger partial charge is 0.318 e. The second-order valence-electron chi connectivity index (χ2n) is 4.82. The van der Waals surface area contributed by atoms with Crippen LogP contribution in [0.15, 0.2) is 36.0 Å². The molecular formula is C15H21ClN2O. The van der Waals surface area contributed by atoms with Crippen LogP contribution in [0, 0.1) is 5.92 Å². The fourth-order valence-corrected chi connectivity index (χ4v) is 1.62. The lowest BCUT2D eigenvalue weighted by Gasteiger charge is -2.08.